The smallest absolute Gasteiger partial charge is 0.338 e. The molecule has 0 aliphatic carbocycles. The summed E-state index contributed by atoms with van der Waals surface area (Å²) >= 11 is 1.68. The van der Waals surface area contributed by atoms with E-state index < -0.39 is 0 Å². The fraction of sp³-hybridized carbons (Fsp3) is 0.333. The molecule has 26 heavy (non-hydrogen) atoms. The Bertz CT molecular complexity index is 768. The number of carbonyl (C=O) groups is 2. The van der Waals surface area contributed by atoms with Gasteiger partial charge >= 0.3 is 11.9 Å². The van der Waals surface area contributed by atoms with Crippen LogP contribution in [0.2, 0.25) is 0 Å². The Morgan fingerprint density at radius 2 is 1.46 bits per heavy atom. The Balaban J connectivity index is 1.54. The van der Waals surface area contributed by atoms with Crippen molar-refractivity contribution >= 4 is 23.7 Å². The molecular formula is C21H22O4S. The average Bonchev–Trinajstić information content (AvgIpc) is 3.08. The van der Waals surface area contributed by atoms with Gasteiger partial charge in [0.2, 0.25) is 0 Å². The number of hydrogen-bond acceptors (Lipinski definition) is 5. The van der Waals surface area contributed by atoms with Crippen LogP contribution in [0.3, 0.4) is 0 Å². The van der Waals surface area contributed by atoms with Crippen LogP contribution in [0.5, 0.6) is 0 Å². The monoisotopic (exact) mass is 370 g/mol. The number of aryl methyl sites for hydroxylation is 2. The van der Waals surface area contributed by atoms with Gasteiger partial charge in [-0.25, -0.2) is 9.59 Å². The minimum absolute atomic E-state index is 0.0289. The van der Waals surface area contributed by atoms with Crippen molar-refractivity contribution in [2.75, 3.05) is 12.4 Å². The van der Waals surface area contributed by atoms with E-state index in [2.05, 4.69) is 0 Å². The minimum atomic E-state index is -0.346. The van der Waals surface area contributed by atoms with Crippen LogP contribution in [-0.2, 0) is 9.47 Å². The maximum Gasteiger partial charge on any atom is 0.338 e. The molecule has 2 aromatic rings. The summed E-state index contributed by atoms with van der Waals surface area (Å²) in [4.78, 5) is 24.5. The normalized spacial score (nSPS) is 19.2. The van der Waals surface area contributed by atoms with E-state index in [-0.39, 0.29) is 29.9 Å². The number of ether oxygens (including phenoxy) is 2. The third-order valence-corrected chi connectivity index (χ3v) is 5.70. The molecule has 1 heterocycles. The largest absolute Gasteiger partial charge is 0.461 e. The molecule has 1 saturated heterocycles. The molecule has 2 atom stereocenters. The van der Waals surface area contributed by atoms with Gasteiger partial charge in [-0.2, -0.15) is 11.8 Å². The second-order valence-electron chi connectivity index (χ2n) is 6.47. The molecule has 4 nitrogen and oxygen atoms in total. The molecule has 1 aliphatic rings. The Morgan fingerprint density at radius 3 is 2.04 bits per heavy atom. The van der Waals surface area contributed by atoms with Crippen LogP contribution >= 0.6 is 11.8 Å². The van der Waals surface area contributed by atoms with Crippen molar-refractivity contribution in [3.63, 3.8) is 0 Å². The van der Waals surface area contributed by atoms with Crippen molar-refractivity contribution in [1.29, 1.82) is 0 Å². The quantitative estimate of drug-likeness (QED) is 0.739. The maximum atomic E-state index is 12.3. The molecule has 0 saturated carbocycles. The van der Waals surface area contributed by atoms with Crippen molar-refractivity contribution in [3.05, 3.63) is 70.8 Å². The predicted molar refractivity (Wildman–Crippen MR) is 103 cm³/mol. The highest BCUT2D eigenvalue weighted by Gasteiger charge is 2.32. The Labute approximate surface area is 157 Å². The molecule has 2 aromatic carbocycles. The molecule has 1 aliphatic heterocycles. The zero-order valence-electron chi connectivity index (χ0n) is 14.9. The van der Waals surface area contributed by atoms with Crippen LogP contribution < -0.4 is 0 Å². The molecule has 0 aromatic heterocycles. The number of esters is 2. The number of benzene rings is 2. The lowest BCUT2D eigenvalue weighted by Crippen LogP contribution is -2.29. The Hall–Kier alpha value is -2.27. The summed E-state index contributed by atoms with van der Waals surface area (Å²) in [5.41, 5.74) is 3.27. The van der Waals surface area contributed by atoms with E-state index in [1.54, 1.807) is 36.0 Å². The highest BCUT2D eigenvalue weighted by molar-refractivity contribution is 8.00. The van der Waals surface area contributed by atoms with E-state index in [9.17, 15) is 9.59 Å². The topological polar surface area (TPSA) is 52.6 Å². The van der Waals surface area contributed by atoms with Gasteiger partial charge in [-0.3, -0.25) is 0 Å². The lowest BCUT2D eigenvalue weighted by molar-refractivity contribution is 0.0221. The molecule has 0 radical (unpaired) electrons. The summed E-state index contributed by atoms with van der Waals surface area (Å²) in [5, 5.41) is -0.0289. The summed E-state index contributed by atoms with van der Waals surface area (Å²) in [7, 11) is 0. The zero-order valence-corrected chi connectivity index (χ0v) is 15.8. The lowest BCUT2D eigenvalue weighted by Gasteiger charge is -2.19. The van der Waals surface area contributed by atoms with Gasteiger partial charge in [0.05, 0.1) is 16.4 Å². The van der Waals surface area contributed by atoms with Gasteiger partial charge in [0, 0.05) is 0 Å². The van der Waals surface area contributed by atoms with Crippen LogP contribution in [0.25, 0.3) is 0 Å². The maximum absolute atomic E-state index is 12.3. The van der Waals surface area contributed by atoms with Crippen LogP contribution in [-0.4, -0.2) is 35.7 Å². The van der Waals surface area contributed by atoms with Crippen molar-refractivity contribution in [2.45, 2.75) is 31.6 Å². The first-order valence-corrected chi connectivity index (χ1v) is 9.71. The number of rotatable bonds is 5. The fourth-order valence-electron chi connectivity index (χ4n) is 2.75. The van der Waals surface area contributed by atoms with Crippen molar-refractivity contribution in [3.8, 4) is 0 Å². The van der Waals surface area contributed by atoms with Crippen molar-refractivity contribution < 1.29 is 19.1 Å². The third kappa shape index (κ3) is 4.67. The van der Waals surface area contributed by atoms with Crippen molar-refractivity contribution in [1.82, 2.24) is 0 Å². The minimum Gasteiger partial charge on any atom is -0.461 e. The van der Waals surface area contributed by atoms with Gasteiger partial charge in [0.15, 0.2) is 0 Å². The summed E-state index contributed by atoms with van der Waals surface area (Å²) in [6, 6.07) is 14.6. The standard InChI is InChI=1S/C21H22O4S/c1-14-3-7-16(8-4-14)20(22)24-13-19-18(11-12-26-19)25-21(23)17-9-5-15(2)6-10-17/h3-10,18-19H,11-13H2,1-2H3/t18-,19-/m1/s1. The molecule has 136 valence electrons. The molecule has 0 amide bonds. The second-order valence-corrected chi connectivity index (χ2v) is 7.82. The third-order valence-electron chi connectivity index (χ3n) is 4.36. The van der Waals surface area contributed by atoms with E-state index in [1.807, 2.05) is 38.1 Å². The van der Waals surface area contributed by atoms with Crippen LogP contribution in [0.4, 0.5) is 0 Å². The second kappa shape index (κ2) is 8.41. The summed E-state index contributed by atoms with van der Waals surface area (Å²) in [6.07, 6.45) is 0.536. The average molecular weight is 370 g/mol. The van der Waals surface area contributed by atoms with E-state index >= 15 is 0 Å². The van der Waals surface area contributed by atoms with E-state index in [0.29, 0.717) is 11.1 Å². The Kier molecular flexibility index (Phi) is 5.99. The molecule has 1 fully saturated rings. The van der Waals surface area contributed by atoms with E-state index in [0.717, 1.165) is 23.3 Å². The summed E-state index contributed by atoms with van der Waals surface area (Å²) in [5.74, 6) is 0.215. The molecular weight excluding hydrogens is 348 g/mol. The zero-order chi connectivity index (χ0) is 18.5. The summed E-state index contributed by atoms with van der Waals surface area (Å²) in [6.45, 7) is 4.18. The van der Waals surface area contributed by atoms with Crippen LogP contribution in [0.15, 0.2) is 48.5 Å². The SMILES string of the molecule is Cc1ccc(C(=O)OC[C@H]2SCC[C@H]2OC(=O)c2ccc(C)cc2)cc1. The fourth-order valence-corrected chi connectivity index (χ4v) is 3.99. The first kappa shape index (κ1) is 18.5. The van der Waals surface area contributed by atoms with Gasteiger partial charge in [0.1, 0.15) is 12.7 Å². The molecule has 0 unspecified atom stereocenters. The van der Waals surface area contributed by atoms with Gasteiger partial charge in [0.25, 0.3) is 0 Å². The first-order valence-electron chi connectivity index (χ1n) is 8.66. The van der Waals surface area contributed by atoms with Gasteiger partial charge in [-0.15, -0.1) is 0 Å². The van der Waals surface area contributed by atoms with Gasteiger partial charge in [-0.05, 0) is 50.3 Å². The summed E-state index contributed by atoms with van der Waals surface area (Å²) < 4.78 is 11.1. The number of carbonyl (C=O) groups excluding carboxylic acids is 2. The van der Waals surface area contributed by atoms with Gasteiger partial charge in [-0.1, -0.05) is 35.4 Å². The molecule has 3 rings (SSSR count). The molecule has 0 bridgehead atoms. The first-order chi connectivity index (χ1) is 12.5. The lowest BCUT2D eigenvalue weighted by atomic mass is 10.1. The van der Waals surface area contributed by atoms with Gasteiger partial charge < -0.3 is 9.47 Å². The highest BCUT2D eigenvalue weighted by atomic mass is 32.2. The van der Waals surface area contributed by atoms with Crippen LogP contribution in [0.1, 0.15) is 38.3 Å². The number of thioether (sulfide) groups is 1. The predicted octanol–water partition coefficient (Wildman–Crippen LogP) is 4.19. The Morgan fingerprint density at radius 1 is 0.923 bits per heavy atom. The highest BCUT2D eigenvalue weighted by Crippen LogP contribution is 2.30. The van der Waals surface area contributed by atoms with Crippen molar-refractivity contribution in [2.24, 2.45) is 0 Å². The van der Waals surface area contributed by atoms with E-state index in [1.165, 1.54) is 0 Å². The number of hydrogen-bond donors (Lipinski definition) is 0. The van der Waals surface area contributed by atoms with E-state index in [4.69, 9.17) is 9.47 Å². The molecule has 5 heteroatoms. The molecule has 0 spiro atoms. The van der Waals surface area contributed by atoms with Crippen LogP contribution in [0, 0.1) is 13.8 Å². The molecule has 0 N–H and O–H groups in total.